The van der Waals surface area contributed by atoms with Gasteiger partial charge in [-0.3, -0.25) is 9.59 Å². The summed E-state index contributed by atoms with van der Waals surface area (Å²) in [6, 6.07) is 16.0. The topological polar surface area (TPSA) is 61.2 Å². The molecule has 0 atom stereocenters. The Labute approximate surface area is 144 Å². The van der Waals surface area contributed by atoms with Crippen molar-refractivity contribution in [1.82, 2.24) is 9.78 Å². The molecule has 4 rings (SSSR count). The summed E-state index contributed by atoms with van der Waals surface area (Å²) < 4.78 is 7.04. The van der Waals surface area contributed by atoms with Crippen molar-refractivity contribution in [2.75, 3.05) is 6.61 Å². The summed E-state index contributed by atoms with van der Waals surface area (Å²) in [5.41, 5.74) is 1.87. The molecule has 0 unspecified atom stereocenters. The van der Waals surface area contributed by atoms with E-state index in [2.05, 4.69) is 11.7 Å². The number of para-hydroxylation sites is 1. The molecule has 0 saturated carbocycles. The van der Waals surface area contributed by atoms with E-state index in [1.54, 1.807) is 30.3 Å². The highest BCUT2D eigenvalue weighted by Gasteiger charge is 2.37. The van der Waals surface area contributed by atoms with E-state index in [-0.39, 0.29) is 35.3 Å². The number of ketones is 2. The number of hydrogen-bond donors (Lipinski definition) is 0. The van der Waals surface area contributed by atoms with Gasteiger partial charge in [0.1, 0.15) is 17.9 Å². The predicted molar refractivity (Wildman–Crippen MR) is 92.6 cm³/mol. The fourth-order valence-corrected chi connectivity index (χ4v) is 2.95. The van der Waals surface area contributed by atoms with Crippen LogP contribution in [0.1, 0.15) is 32.0 Å². The Morgan fingerprint density at radius 2 is 1.60 bits per heavy atom. The largest absolute Gasteiger partial charge is 0.472 e. The zero-order chi connectivity index (χ0) is 17.4. The van der Waals surface area contributed by atoms with Crippen LogP contribution in [0.4, 0.5) is 0 Å². The number of nitrogens with zero attached hydrogens (tertiary/aromatic N) is 2. The van der Waals surface area contributed by atoms with E-state index in [9.17, 15) is 9.59 Å². The summed E-state index contributed by atoms with van der Waals surface area (Å²) in [6.45, 7) is 3.81. The monoisotopic (exact) mass is 330 g/mol. The Bertz CT molecular complexity index is 1000. The second kappa shape index (κ2) is 5.87. The molecule has 0 N–H and O–H groups in total. The first kappa shape index (κ1) is 15.1. The van der Waals surface area contributed by atoms with Gasteiger partial charge < -0.3 is 4.74 Å². The highest BCUT2D eigenvalue weighted by atomic mass is 16.5. The summed E-state index contributed by atoms with van der Waals surface area (Å²) in [5, 5.41) is 4.39. The van der Waals surface area contributed by atoms with E-state index in [1.165, 1.54) is 4.68 Å². The van der Waals surface area contributed by atoms with Gasteiger partial charge in [0.15, 0.2) is 0 Å². The van der Waals surface area contributed by atoms with Crippen molar-refractivity contribution in [1.29, 1.82) is 0 Å². The molecule has 1 aliphatic rings. The first-order valence-corrected chi connectivity index (χ1v) is 7.83. The second-order valence-electron chi connectivity index (χ2n) is 5.58. The number of benzene rings is 2. The van der Waals surface area contributed by atoms with Gasteiger partial charge in [0.05, 0.1) is 5.69 Å². The smallest absolute Gasteiger partial charge is 0.245 e. The van der Waals surface area contributed by atoms with E-state index in [0.717, 1.165) is 0 Å². The van der Waals surface area contributed by atoms with Crippen LogP contribution in [-0.2, 0) is 0 Å². The molecule has 5 heteroatoms. The van der Waals surface area contributed by atoms with Gasteiger partial charge in [0, 0.05) is 11.1 Å². The fourth-order valence-electron chi connectivity index (χ4n) is 2.95. The Balaban J connectivity index is 1.98. The van der Waals surface area contributed by atoms with Crippen molar-refractivity contribution < 1.29 is 14.3 Å². The van der Waals surface area contributed by atoms with Crippen molar-refractivity contribution in [2.45, 2.75) is 0 Å². The highest BCUT2D eigenvalue weighted by Crippen LogP contribution is 2.34. The van der Waals surface area contributed by atoms with Crippen LogP contribution in [0.5, 0.6) is 5.88 Å². The fraction of sp³-hybridized carbons (Fsp3) is 0.0500. The standard InChI is InChI=1S/C20H14N2O3/c1-2-12-25-20-16-17(22(21-20)13-8-4-3-5-9-13)19(24)15-11-7-6-10-14(15)18(16)23/h2-11H,1,12H2. The molecule has 1 heterocycles. The van der Waals surface area contributed by atoms with Gasteiger partial charge >= 0.3 is 0 Å². The molecule has 0 fully saturated rings. The third-order valence-electron chi connectivity index (χ3n) is 4.05. The van der Waals surface area contributed by atoms with Crippen molar-refractivity contribution in [3.63, 3.8) is 0 Å². The van der Waals surface area contributed by atoms with Gasteiger partial charge in [-0.1, -0.05) is 55.1 Å². The zero-order valence-electron chi connectivity index (χ0n) is 13.3. The van der Waals surface area contributed by atoms with E-state index in [0.29, 0.717) is 16.8 Å². The first-order valence-electron chi connectivity index (χ1n) is 7.83. The SMILES string of the molecule is C=CCOc1nn(-c2ccccc2)c2c1C(=O)c1ccccc1C2=O. The Morgan fingerprint density at radius 1 is 0.960 bits per heavy atom. The molecule has 25 heavy (non-hydrogen) atoms. The maximum atomic E-state index is 13.0. The quantitative estimate of drug-likeness (QED) is 0.539. The summed E-state index contributed by atoms with van der Waals surface area (Å²) in [6.07, 6.45) is 1.57. The van der Waals surface area contributed by atoms with Gasteiger partial charge in [-0.05, 0) is 12.1 Å². The maximum Gasteiger partial charge on any atom is 0.245 e. The Morgan fingerprint density at radius 3 is 2.28 bits per heavy atom. The normalized spacial score (nSPS) is 12.5. The molecular formula is C20H14N2O3. The summed E-state index contributed by atoms with van der Waals surface area (Å²) >= 11 is 0. The minimum Gasteiger partial charge on any atom is -0.472 e. The van der Waals surface area contributed by atoms with Crippen LogP contribution in [0.2, 0.25) is 0 Å². The average molecular weight is 330 g/mol. The van der Waals surface area contributed by atoms with Crippen LogP contribution in [0.25, 0.3) is 5.69 Å². The molecule has 1 aliphatic carbocycles. The third kappa shape index (κ3) is 2.29. The predicted octanol–water partition coefficient (Wildman–Crippen LogP) is 3.21. The van der Waals surface area contributed by atoms with Crippen molar-refractivity contribution in [3.05, 3.63) is 89.6 Å². The molecule has 3 aromatic rings. The van der Waals surface area contributed by atoms with Gasteiger partial charge in [-0.25, -0.2) is 4.68 Å². The second-order valence-corrected chi connectivity index (χ2v) is 5.58. The number of rotatable bonds is 4. The van der Waals surface area contributed by atoms with Crippen LogP contribution < -0.4 is 4.74 Å². The molecule has 0 amide bonds. The number of carbonyl (C=O) groups is 2. The van der Waals surface area contributed by atoms with Crippen molar-refractivity contribution >= 4 is 11.6 Å². The molecule has 122 valence electrons. The molecule has 0 aliphatic heterocycles. The molecule has 0 spiro atoms. The molecule has 0 bridgehead atoms. The summed E-state index contributed by atoms with van der Waals surface area (Å²) in [5.74, 6) is -0.354. The van der Waals surface area contributed by atoms with Crippen molar-refractivity contribution in [3.8, 4) is 11.6 Å². The minimum atomic E-state index is -0.258. The number of aromatic nitrogens is 2. The lowest BCUT2D eigenvalue weighted by atomic mass is 9.88. The number of hydrogen-bond acceptors (Lipinski definition) is 4. The highest BCUT2D eigenvalue weighted by molar-refractivity contribution is 6.28. The Kier molecular flexibility index (Phi) is 3.54. The van der Waals surface area contributed by atoms with Gasteiger partial charge in [0.25, 0.3) is 0 Å². The van der Waals surface area contributed by atoms with Gasteiger partial charge in [-0.2, -0.15) is 0 Å². The van der Waals surface area contributed by atoms with E-state index < -0.39 is 0 Å². The van der Waals surface area contributed by atoms with Crippen LogP contribution in [0.3, 0.4) is 0 Å². The summed E-state index contributed by atoms with van der Waals surface area (Å²) in [7, 11) is 0. The molecule has 0 saturated heterocycles. The zero-order valence-corrected chi connectivity index (χ0v) is 13.3. The van der Waals surface area contributed by atoms with Crippen LogP contribution in [-0.4, -0.2) is 28.0 Å². The number of ether oxygens (including phenoxy) is 1. The maximum absolute atomic E-state index is 13.0. The van der Waals surface area contributed by atoms with Gasteiger partial charge in [0.2, 0.25) is 17.4 Å². The van der Waals surface area contributed by atoms with Gasteiger partial charge in [-0.15, -0.1) is 5.10 Å². The Hall–Kier alpha value is -3.47. The lowest BCUT2D eigenvalue weighted by Crippen LogP contribution is -2.22. The molecule has 1 aromatic heterocycles. The van der Waals surface area contributed by atoms with E-state index in [4.69, 9.17) is 4.74 Å². The average Bonchev–Trinajstić information content (AvgIpc) is 3.05. The van der Waals surface area contributed by atoms with Crippen LogP contribution in [0.15, 0.2) is 67.3 Å². The first-order chi connectivity index (χ1) is 12.2. The lowest BCUT2D eigenvalue weighted by molar-refractivity contribution is 0.0973. The van der Waals surface area contributed by atoms with Crippen LogP contribution >= 0.6 is 0 Å². The molecule has 2 aromatic carbocycles. The third-order valence-corrected chi connectivity index (χ3v) is 4.05. The van der Waals surface area contributed by atoms with Crippen molar-refractivity contribution in [2.24, 2.45) is 0 Å². The molecule has 5 nitrogen and oxygen atoms in total. The lowest BCUT2D eigenvalue weighted by Gasteiger charge is -2.15. The summed E-state index contributed by atoms with van der Waals surface area (Å²) in [4.78, 5) is 26.0. The minimum absolute atomic E-state index is 0.145. The molecule has 0 radical (unpaired) electrons. The van der Waals surface area contributed by atoms with E-state index >= 15 is 0 Å². The molecular weight excluding hydrogens is 316 g/mol. The number of fused-ring (bicyclic) bond motifs is 2. The van der Waals surface area contributed by atoms with E-state index in [1.807, 2.05) is 30.3 Å². The van der Waals surface area contributed by atoms with Crippen LogP contribution in [0, 0.1) is 0 Å². The number of carbonyl (C=O) groups excluding carboxylic acids is 2.